The predicted octanol–water partition coefficient (Wildman–Crippen LogP) is 3.91. The zero-order valence-corrected chi connectivity index (χ0v) is 17.8. The van der Waals surface area contributed by atoms with E-state index in [0.29, 0.717) is 17.0 Å². The molecule has 0 aromatic carbocycles. The molecule has 2 atom stereocenters. The van der Waals surface area contributed by atoms with E-state index < -0.39 is 7.60 Å². The molecule has 10 heteroatoms. The third kappa shape index (κ3) is 4.89. The fraction of sp³-hybridized carbons (Fsp3) is 0.722. The highest BCUT2D eigenvalue weighted by Gasteiger charge is 2.34. The van der Waals surface area contributed by atoms with Crippen LogP contribution in [-0.2, 0) is 18.3 Å². The zero-order chi connectivity index (χ0) is 20.3. The summed E-state index contributed by atoms with van der Waals surface area (Å²) in [7, 11) is -3.35. The molecule has 0 unspecified atom stereocenters. The van der Waals surface area contributed by atoms with Gasteiger partial charge in [-0.1, -0.05) is 12.8 Å². The second-order valence-corrected chi connectivity index (χ2v) is 9.59. The number of nitrogens with two attached hydrogens (primary N) is 1. The molecule has 0 aliphatic heterocycles. The van der Waals surface area contributed by atoms with Gasteiger partial charge in [0.1, 0.15) is 18.2 Å². The van der Waals surface area contributed by atoms with Crippen LogP contribution in [0.1, 0.15) is 59.4 Å². The van der Waals surface area contributed by atoms with Crippen LogP contribution in [0.15, 0.2) is 12.7 Å². The second kappa shape index (κ2) is 8.86. The molecule has 0 radical (unpaired) electrons. The van der Waals surface area contributed by atoms with Crippen LogP contribution in [0, 0.1) is 0 Å². The zero-order valence-electron chi connectivity index (χ0n) is 16.9. The fourth-order valence-corrected chi connectivity index (χ4v) is 5.45. The number of anilines is 1. The van der Waals surface area contributed by atoms with Gasteiger partial charge in [-0.15, -0.1) is 0 Å². The Morgan fingerprint density at radius 1 is 1.14 bits per heavy atom. The van der Waals surface area contributed by atoms with E-state index in [0.717, 1.165) is 25.7 Å². The monoisotopic (exact) mass is 411 g/mol. The predicted molar refractivity (Wildman–Crippen MR) is 107 cm³/mol. The molecule has 2 heterocycles. The number of fused-ring (bicyclic) bond motifs is 1. The SMILES string of the molecule is CC(C)OP(=O)(CO[C@@H]1CCCC[C@H]1n1cnc2c(N)ncnc21)OC(C)C. The number of nitrogens with zero attached hydrogens (tertiary/aromatic N) is 4. The van der Waals surface area contributed by atoms with E-state index in [1.165, 1.54) is 6.33 Å². The first-order valence-corrected chi connectivity index (χ1v) is 11.5. The van der Waals surface area contributed by atoms with E-state index in [-0.39, 0.29) is 30.7 Å². The summed E-state index contributed by atoms with van der Waals surface area (Å²) in [5.41, 5.74) is 7.19. The summed E-state index contributed by atoms with van der Waals surface area (Å²) in [6, 6.07) is 0.0274. The van der Waals surface area contributed by atoms with Crippen LogP contribution in [0.2, 0.25) is 0 Å². The summed E-state index contributed by atoms with van der Waals surface area (Å²) in [6.45, 7) is 7.34. The van der Waals surface area contributed by atoms with Crippen molar-refractivity contribution in [1.82, 2.24) is 19.5 Å². The van der Waals surface area contributed by atoms with Gasteiger partial charge in [0.25, 0.3) is 0 Å². The van der Waals surface area contributed by atoms with Crippen LogP contribution in [-0.4, -0.2) is 44.2 Å². The molecule has 0 amide bonds. The highest BCUT2D eigenvalue weighted by molar-refractivity contribution is 7.53. The van der Waals surface area contributed by atoms with E-state index in [1.54, 1.807) is 6.33 Å². The van der Waals surface area contributed by atoms with Gasteiger partial charge in [0.2, 0.25) is 0 Å². The molecule has 0 bridgehead atoms. The van der Waals surface area contributed by atoms with Crippen molar-refractivity contribution in [2.45, 2.75) is 77.7 Å². The van der Waals surface area contributed by atoms with Crippen molar-refractivity contribution in [2.75, 3.05) is 12.1 Å². The minimum absolute atomic E-state index is 0.0274. The highest BCUT2D eigenvalue weighted by Crippen LogP contribution is 2.51. The lowest BCUT2D eigenvalue weighted by molar-refractivity contribution is 0.00351. The third-order valence-electron chi connectivity index (χ3n) is 4.60. The molecule has 1 saturated carbocycles. The molecule has 28 heavy (non-hydrogen) atoms. The number of nitrogen functional groups attached to an aromatic ring is 1. The topological polar surface area (TPSA) is 114 Å². The first kappa shape index (κ1) is 21.2. The maximum absolute atomic E-state index is 13.1. The molecule has 0 spiro atoms. The van der Waals surface area contributed by atoms with Gasteiger partial charge in [0, 0.05) is 0 Å². The lowest BCUT2D eigenvalue weighted by atomic mass is 9.92. The van der Waals surface area contributed by atoms with Crippen molar-refractivity contribution >= 4 is 24.6 Å². The average molecular weight is 411 g/mol. The Hall–Kier alpha value is -1.54. The summed E-state index contributed by atoms with van der Waals surface area (Å²) >= 11 is 0. The average Bonchev–Trinajstić information content (AvgIpc) is 3.04. The summed E-state index contributed by atoms with van der Waals surface area (Å²) < 4.78 is 32.4. The Morgan fingerprint density at radius 2 is 1.82 bits per heavy atom. The third-order valence-corrected chi connectivity index (χ3v) is 6.55. The molecule has 2 aromatic rings. The van der Waals surface area contributed by atoms with Gasteiger partial charge in [-0.2, -0.15) is 0 Å². The molecule has 1 fully saturated rings. The maximum atomic E-state index is 13.1. The Morgan fingerprint density at radius 3 is 2.50 bits per heavy atom. The number of imidazole rings is 1. The summed E-state index contributed by atoms with van der Waals surface area (Å²) in [6.07, 6.45) is 6.43. The van der Waals surface area contributed by atoms with Crippen molar-refractivity contribution in [3.63, 3.8) is 0 Å². The van der Waals surface area contributed by atoms with E-state index in [1.807, 2.05) is 32.3 Å². The van der Waals surface area contributed by atoms with Crippen LogP contribution in [0.5, 0.6) is 0 Å². The standard InChI is InChI=1S/C18H30N5O4P/c1-12(2)26-28(24,27-13(3)4)11-25-15-8-6-5-7-14(15)23-10-22-16-17(19)20-9-21-18(16)23/h9-10,12-15H,5-8,11H2,1-4H3,(H2,19,20,21)/t14-,15-/m1/s1. The van der Waals surface area contributed by atoms with Crippen molar-refractivity contribution in [1.29, 1.82) is 0 Å². The maximum Gasteiger partial charge on any atom is 0.356 e. The molecule has 2 aromatic heterocycles. The minimum atomic E-state index is -3.35. The lowest BCUT2D eigenvalue weighted by Gasteiger charge is -2.33. The van der Waals surface area contributed by atoms with E-state index in [4.69, 9.17) is 19.5 Å². The molecule has 3 rings (SSSR count). The first-order valence-electron chi connectivity index (χ1n) is 9.79. The van der Waals surface area contributed by atoms with Crippen molar-refractivity contribution in [3.05, 3.63) is 12.7 Å². The van der Waals surface area contributed by atoms with Gasteiger partial charge >= 0.3 is 7.60 Å². The number of ether oxygens (including phenoxy) is 1. The minimum Gasteiger partial charge on any atom is -0.382 e. The molecule has 9 nitrogen and oxygen atoms in total. The van der Waals surface area contributed by atoms with Crippen molar-refractivity contribution < 1.29 is 18.3 Å². The van der Waals surface area contributed by atoms with E-state index >= 15 is 0 Å². The van der Waals surface area contributed by atoms with Crippen LogP contribution < -0.4 is 5.73 Å². The highest BCUT2D eigenvalue weighted by atomic mass is 31.2. The molecule has 1 aliphatic carbocycles. The van der Waals surface area contributed by atoms with Gasteiger partial charge in [-0.05, 0) is 40.5 Å². The quantitative estimate of drug-likeness (QED) is 0.650. The summed E-state index contributed by atoms with van der Waals surface area (Å²) in [4.78, 5) is 12.7. The number of hydrogen-bond donors (Lipinski definition) is 1. The van der Waals surface area contributed by atoms with Crippen LogP contribution in [0.25, 0.3) is 11.2 Å². The van der Waals surface area contributed by atoms with Crippen LogP contribution >= 0.6 is 7.60 Å². The van der Waals surface area contributed by atoms with Crippen molar-refractivity contribution in [3.8, 4) is 0 Å². The van der Waals surface area contributed by atoms with E-state index in [9.17, 15) is 4.57 Å². The molecule has 2 N–H and O–H groups in total. The van der Waals surface area contributed by atoms with Crippen LogP contribution in [0.4, 0.5) is 5.82 Å². The van der Waals surface area contributed by atoms with E-state index in [2.05, 4.69) is 15.0 Å². The molecule has 156 valence electrons. The fourth-order valence-electron chi connectivity index (χ4n) is 3.62. The number of rotatable bonds is 8. The summed E-state index contributed by atoms with van der Waals surface area (Å²) in [5, 5.41) is 0. The van der Waals surface area contributed by atoms with Crippen molar-refractivity contribution in [2.24, 2.45) is 0 Å². The van der Waals surface area contributed by atoms with Gasteiger partial charge in [0.05, 0.1) is 30.7 Å². The Balaban J connectivity index is 1.79. The van der Waals surface area contributed by atoms with Gasteiger partial charge < -0.3 is 24.1 Å². The Kier molecular flexibility index (Phi) is 6.70. The second-order valence-electron chi connectivity index (χ2n) is 7.69. The largest absolute Gasteiger partial charge is 0.382 e. The first-order chi connectivity index (χ1) is 13.3. The normalized spacial score (nSPS) is 21.1. The Labute approximate surface area is 165 Å². The van der Waals surface area contributed by atoms with Crippen LogP contribution in [0.3, 0.4) is 0 Å². The Bertz CT molecular complexity index is 826. The molecule has 0 saturated heterocycles. The number of hydrogen-bond acceptors (Lipinski definition) is 8. The molecule has 1 aliphatic rings. The summed E-state index contributed by atoms with van der Waals surface area (Å²) in [5.74, 6) is 0.359. The van der Waals surface area contributed by atoms with Gasteiger partial charge in [-0.25, -0.2) is 15.0 Å². The van der Waals surface area contributed by atoms with Gasteiger partial charge in [-0.3, -0.25) is 4.57 Å². The van der Waals surface area contributed by atoms with Gasteiger partial charge in [0.15, 0.2) is 11.5 Å². The lowest BCUT2D eigenvalue weighted by Crippen LogP contribution is -2.31. The molecular weight excluding hydrogens is 381 g/mol. The number of aromatic nitrogens is 4. The smallest absolute Gasteiger partial charge is 0.356 e. The molecular formula is C18H30N5O4P.